The summed E-state index contributed by atoms with van der Waals surface area (Å²) in [7, 11) is -4.26. The van der Waals surface area contributed by atoms with E-state index in [0.29, 0.717) is 17.8 Å². The predicted octanol–water partition coefficient (Wildman–Crippen LogP) is 3.78. The zero-order valence-electron chi connectivity index (χ0n) is 14.8. The van der Waals surface area contributed by atoms with E-state index in [1.165, 1.54) is 6.07 Å². The number of anilines is 1. The van der Waals surface area contributed by atoms with Crippen molar-refractivity contribution in [3.05, 3.63) is 70.3 Å². The molecule has 28 heavy (non-hydrogen) atoms. The summed E-state index contributed by atoms with van der Waals surface area (Å²) in [5, 5.41) is 12.9. The summed E-state index contributed by atoms with van der Waals surface area (Å²) >= 11 is 5.84. The Bertz CT molecular complexity index is 1190. The van der Waals surface area contributed by atoms with Crippen LogP contribution < -0.4 is 4.72 Å². The largest absolute Gasteiger partial charge is 0.478 e. The molecule has 0 aliphatic rings. The number of aromatic carboxylic acids is 1. The van der Waals surface area contributed by atoms with Crippen molar-refractivity contribution in [3.8, 4) is 5.69 Å². The number of aryl methyl sites for hydroxylation is 2. The van der Waals surface area contributed by atoms with E-state index in [2.05, 4.69) is 9.82 Å². The van der Waals surface area contributed by atoms with Crippen LogP contribution in [-0.2, 0) is 10.0 Å². The number of carboxylic acid groups (broad SMARTS) is 1. The monoisotopic (exact) mass is 423 g/mol. The average Bonchev–Trinajstić information content (AvgIpc) is 2.92. The van der Waals surface area contributed by atoms with E-state index in [1.807, 2.05) is 19.9 Å². The first-order valence-electron chi connectivity index (χ1n) is 7.97. The van der Waals surface area contributed by atoms with E-state index in [1.54, 1.807) is 22.9 Å². The van der Waals surface area contributed by atoms with E-state index in [0.717, 1.165) is 11.4 Å². The Morgan fingerprint density at radius 1 is 1.21 bits per heavy atom. The Morgan fingerprint density at radius 2 is 1.93 bits per heavy atom. The van der Waals surface area contributed by atoms with Crippen LogP contribution in [0.1, 0.15) is 21.7 Å². The Morgan fingerprint density at radius 3 is 2.54 bits per heavy atom. The van der Waals surface area contributed by atoms with Crippen molar-refractivity contribution in [1.29, 1.82) is 0 Å². The highest BCUT2D eigenvalue weighted by atomic mass is 35.5. The molecular formula is C18H15ClFN3O4S. The molecule has 0 bridgehead atoms. The fourth-order valence-electron chi connectivity index (χ4n) is 2.70. The summed E-state index contributed by atoms with van der Waals surface area (Å²) in [5.74, 6) is -2.72. The minimum Gasteiger partial charge on any atom is -0.478 e. The van der Waals surface area contributed by atoms with Gasteiger partial charge in [0.05, 0.1) is 27.7 Å². The first kappa shape index (κ1) is 19.8. The van der Waals surface area contributed by atoms with Gasteiger partial charge in [-0.2, -0.15) is 5.10 Å². The number of rotatable bonds is 5. The summed E-state index contributed by atoms with van der Waals surface area (Å²) in [6.45, 7) is 3.70. The van der Waals surface area contributed by atoms with Crippen LogP contribution in [0.5, 0.6) is 0 Å². The van der Waals surface area contributed by atoms with Gasteiger partial charge in [-0.1, -0.05) is 17.7 Å². The molecule has 7 nitrogen and oxygen atoms in total. The molecule has 0 spiro atoms. The quantitative estimate of drug-likeness (QED) is 0.650. The molecule has 1 aromatic heterocycles. The lowest BCUT2D eigenvalue weighted by Crippen LogP contribution is -2.15. The third kappa shape index (κ3) is 3.85. The van der Waals surface area contributed by atoms with Gasteiger partial charge in [0.25, 0.3) is 10.0 Å². The first-order chi connectivity index (χ1) is 13.1. The van der Waals surface area contributed by atoms with Crippen LogP contribution in [0.4, 0.5) is 10.1 Å². The number of nitrogens with zero attached hydrogens (tertiary/aromatic N) is 2. The number of aromatic nitrogens is 2. The molecule has 1 heterocycles. The van der Waals surface area contributed by atoms with Crippen LogP contribution in [0.2, 0.25) is 5.02 Å². The molecule has 0 fully saturated rings. The molecule has 0 aliphatic carbocycles. The summed E-state index contributed by atoms with van der Waals surface area (Å²) < 4.78 is 43.1. The molecule has 3 aromatic rings. The van der Waals surface area contributed by atoms with Gasteiger partial charge in [-0.3, -0.25) is 4.72 Å². The zero-order valence-corrected chi connectivity index (χ0v) is 16.3. The highest BCUT2D eigenvalue weighted by Crippen LogP contribution is 2.27. The zero-order chi connectivity index (χ0) is 20.6. The van der Waals surface area contributed by atoms with Gasteiger partial charge in [0.2, 0.25) is 0 Å². The number of hydrogen-bond donors (Lipinski definition) is 2. The van der Waals surface area contributed by atoms with E-state index < -0.39 is 37.3 Å². The summed E-state index contributed by atoms with van der Waals surface area (Å²) in [6, 6.07) is 9.69. The molecule has 0 saturated carbocycles. The highest BCUT2D eigenvalue weighted by Gasteiger charge is 2.23. The number of halogens is 2. The van der Waals surface area contributed by atoms with Crippen molar-refractivity contribution < 1.29 is 22.7 Å². The van der Waals surface area contributed by atoms with Crippen molar-refractivity contribution in [1.82, 2.24) is 9.78 Å². The fraction of sp³-hybridized carbons (Fsp3) is 0.111. The smallest absolute Gasteiger partial charge is 0.338 e. The predicted molar refractivity (Wildman–Crippen MR) is 102 cm³/mol. The minimum atomic E-state index is -4.26. The third-order valence-corrected chi connectivity index (χ3v) is 5.74. The molecule has 0 amide bonds. The number of benzene rings is 2. The second-order valence-corrected chi connectivity index (χ2v) is 8.12. The number of carbonyl (C=O) groups is 1. The number of sulfonamides is 1. The molecule has 2 aromatic carbocycles. The summed E-state index contributed by atoms with van der Waals surface area (Å²) in [5.41, 5.74) is 1.72. The second kappa shape index (κ2) is 7.25. The Kier molecular flexibility index (Phi) is 5.14. The van der Waals surface area contributed by atoms with E-state index >= 15 is 0 Å². The molecule has 0 atom stereocenters. The van der Waals surface area contributed by atoms with Crippen molar-refractivity contribution in [2.24, 2.45) is 0 Å². The second-order valence-electron chi connectivity index (χ2n) is 6.06. The van der Waals surface area contributed by atoms with Crippen LogP contribution in [0.25, 0.3) is 5.69 Å². The summed E-state index contributed by atoms with van der Waals surface area (Å²) in [6.07, 6.45) is 0. The summed E-state index contributed by atoms with van der Waals surface area (Å²) in [4.78, 5) is 10.6. The van der Waals surface area contributed by atoms with Crippen molar-refractivity contribution >= 4 is 33.3 Å². The first-order valence-corrected chi connectivity index (χ1v) is 9.83. The lowest BCUT2D eigenvalue weighted by Gasteiger charge is -2.12. The molecule has 0 saturated heterocycles. The van der Waals surface area contributed by atoms with Crippen LogP contribution in [0.3, 0.4) is 0 Å². The van der Waals surface area contributed by atoms with Crippen molar-refractivity contribution in [2.75, 3.05) is 4.72 Å². The SMILES string of the molecule is Cc1cc(C)n(-c2cccc(NS(=O)(=O)c3cc(C(=O)O)c(F)cc3Cl)c2)n1. The average molecular weight is 424 g/mol. The van der Waals surface area contributed by atoms with Gasteiger partial charge >= 0.3 is 5.97 Å². The van der Waals surface area contributed by atoms with E-state index in [9.17, 15) is 17.6 Å². The lowest BCUT2D eigenvalue weighted by molar-refractivity contribution is 0.0691. The molecule has 0 radical (unpaired) electrons. The molecule has 0 aliphatic heterocycles. The number of carboxylic acids is 1. The number of nitrogens with one attached hydrogen (secondary N) is 1. The molecule has 10 heteroatoms. The third-order valence-electron chi connectivity index (χ3n) is 3.89. The van der Waals surface area contributed by atoms with Crippen LogP contribution in [0.15, 0.2) is 47.4 Å². The Labute approximate surface area is 165 Å². The normalized spacial score (nSPS) is 11.4. The fourth-order valence-corrected chi connectivity index (χ4v) is 4.29. The topological polar surface area (TPSA) is 101 Å². The van der Waals surface area contributed by atoms with Gasteiger partial charge in [0.1, 0.15) is 10.7 Å². The minimum absolute atomic E-state index is 0.210. The van der Waals surface area contributed by atoms with Gasteiger partial charge in [-0.05, 0) is 50.2 Å². The van der Waals surface area contributed by atoms with Crippen LogP contribution in [-0.4, -0.2) is 29.3 Å². The molecule has 2 N–H and O–H groups in total. The molecule has 3 rings (SSSR count). The van der Waals surface area contributed by atoms with Gasteiger partial charge < -0.3 is 5.11 Å². The maximum atomic E-state index is 13.7. The van der Waals surface area contributed by atoms with E-state index in [-0.39, 0.29) is 5.69 Å². The molecule has 146 valence electrons. The molecule has 0 unspecified atom stereocenters. The number of hydrogen-bond acceptors (Lipinski definition) is 4. The Hall–Kier alpha value is -2.91. The van der Waals surface area contributed by atoms with Crippen LogP contribution in [0, 0.1) is 19.7 Å². The van der Waals surface area contributed by atoms with Gasteiger partial charge in [0, 0.05) is 5.69 Å². The standard InChI is InChI=1S/C18H15ClFN3O4S/c1-10-6-11(2)23(21-10)13-5-3-4-12(7-13)22-28(26,27)17-8-14(18(24)25)16(20)9-15(17)19/h3-9,22H,1-2H3,(H,24,25). The molecular weight excluding hydrogens is 409 g/mol. The van der Waals surface area contributed by atoms with Gasteiger partial charge in [-0.15, -0.1) is 0 Å². The highest BCUT2D eigenvalue weighted by molar-refractivity contribution is 7.92. The van der Waals surface area contributed by atoms with Gasteiger partial charge in [0.15, 0.2) is 0 Å². The van der Waals surface area contributed by atoms with E-state index in [4.69, 9.17) is 16.7 Å². The lowest BCUT2D eigenvalue weighted by atomic mass is 10.2. The van der Waals surface area contributed by atoms with Crippen LogP contribution >= 0.6 is 11.6 Å². The Balaban J connectivity index is 2.00. The van der Waals surface area contributed by atoms with Crippen molar-refractivity contribution in [2.45, 2.75) is 18.7 Å². The van der Waals surface area contributed by atoms with Gasteiger partial charge in [-0.25, -0.2) is 22.3 Å². The maximum absolute atomic E-state index is 13.7. The van der Waals surface area contributed by atoms with Crippen molar-refractivity contribution in [3.63, 3.8) is 0 Å². The maximum Gasteiger partial charge on any atom is 0.338 e.